The van der Waals surface area contributed by atoms with Crippen LogP contribution in [0, 0.1) is 18.3 Å². The number of benzene rings is 1. The van der Waals surface area contributed by atoms with Crippen molar-refractivity contribution in [2.45, 2.75) is 39.0 Å². The Morgan fingerprint density at radius 3 is 2.39 bits per heavy atom. The lowest BCUT2D eigenvalue weighted by Gasteiger charge is -2.37. The molecule has 2 aliphatic heterocycles. The van der Waals surface area contributed by atoms with Crippen molar-refractivity contribution in [2.75, 3.05) is 46.3 Å². The summed E-state index contributed by atoms with van der Waals surface area (Å²) in [6.45, 7) is 6.96. The molecule has 0 radical (unpaired) electrons. The molecule has 1 atom stereocenters. The van der Waals surface area contributed by atoms with Crippen molar-refractivity contribution in [1.82, 2.24) is 14.7 Å². The van der Waals surface area contributed by atoms with E-state index in [4.69, 9.17) is 0 Å². The van der Waals surface area contributed by atoms with Crippen LogP contribution < -0.4 is 0 Å². The van der Waals surface area contributed by atoms with E-state index >= 15 is 0 Å². The third kappa shape index (κ3) is 3.69. The minimum Gasteiger partial charge on any atom is -0.341 e. The molecule has 0 N–H and O–H groups in total. The second kappa shape index (κ2) is 7.86. The van der Waals surface area contributed by atoms with Gasteiger partial charge in [0.1, 0.15) is 0 Å². The quantitative estimate of drug-likeness (QED) is 0.805. The van der Waals surface area contributed by atoms with Crippen LogP contribution in [0.2, 0.25) is 0 Å². The topological polar surface area (TPSA) is 43.9 Å². The van der Waals surface area contributed by atoms with Gasteiger partial charge in [0.25, 0.3) is 0 Å². The normalized spacial score (nSPS) is 24.9. The summed E-state index contributed by atoms with van der Waals surface area (Å²) in [5.41, 5.74) is 2.28. The fraction of sp³-hybridized carbons (Fsp3) is 0.652. The predicted octanol–water partition coefficient (Wildman–Crippen LogP) is 2.33. The molecule has 1 aromatic carbocycles. The zero-order chi connectivity index (χ0) is 19.7. The Bertz CT molecular complexity index is 733. The largest absolute Gasteiger partial charge is 0.341 e. The van der Waals surface area contributed by atoms with Gasteiger partial charge in [0.05, 0.1) is 12.3 Å². The number of nitrogens with zero attached hydrogens (tertiary/aromatic N) is 3. The number of rotatable bonds is 3. The lowest BCUT2D eigenvalue weighted by Crippen LogP contribution is -2.51. The first-order chi connectivity index (χ1) is 13.5. The molecule has 0 aromatic heterocycles. The molecule has 28 heavy (non-hydrogen) atoms. The molecule has 0 bridgehead atoms. The molecule has 3 aliphatic rings. The Balaban J connectivity index is 1.48. The van der Waals surface area contributed by atoms with E-state index < -0.39 is 0 Å². The Morgan fingerprint density at radius 2 is 1.71 bits per heavy atom. The molecule has 5 nitrogen and oxygen atoms in total. The molecule has 4 rings (SSSR count). The van der Waals surface area contributed by atoms with Crippen LogP contribution in [0.1, 0.15) is 36.8 Å². The van der Waals surface area contributed by atoms with Crippen molar-refractivity contribution < 1.29 is 9.59 Å². The number of likely N-dealkylation sites (N-methyl/N-ethyl adjacent to an activating group) is 1. The van der Waals surface area contributed by atoms with E-state index in [1.807, 2.05) is 23.1 Å². The Hall–Kier alpha value is -1.88. The molecule has 3 fully saturated rings. The van der Waals surface area contributed by atoms with E-state index in [2.05, 4.69) is 29.8 Å². The van der Waals surface area contributed by atoms with Crippen LogP contribution in [0.15, 0.2) is 24.3 Å². The predicted molar refractivity (Wildman–Crippen MR) is 110 cm³/mol. The number of piperazine rings is 1. The molecular weight excluding hydrogens is 350 g/mol. The summed E-state index contributed by atoms with van der Waals surface area (Å²) >= 11 is 0. The highest BCUT2D eigenvalue weighted by atomic mass is 16.2. The van der Waals surface area contributed by atoms with Crippen molar-refractivity contribution in [3.05, 3.63) is 35.4 Å². The maximum atomic E-state index is 13.4. The first kappa shape index (κ1) is 19.4. The van der Waals surface area contributed by atoms with E-state index in [1.54, 1.807) is 0 Å². The molecule has 152 valence electrons. The van der Waals surface area contributed by atoms with Crippen LogP contribution in [-0.4, -0.2) is 72.8 Å². The standard InChI is InChI=1S/C23H33N3O2/c1-18-7-3-4-8-19(18)15-21(27)26-16-20(23(17-26)9-5-6-10-23)22(28)25-13-11-24(2)12-14-25/h3-4,7-8,20H,5-6,9-17H2,1-2H3. The first-order valence-corrected chi connectivity index (χ1v) is 10.8. The number of hydrogen-bond donors (Lipinski definition) is 0. The molecule has 1 spiro atoms. The van der Waals surface area contributed by atoms with Crippen LogP contribution in [0.5, 0.6) is 0 Å². The summed E-state index contributed by atoms with van der Waals surface area (Å²) in [5, 5.41) is 0. The Labute approximate surface area is 168 Å². The minimum absolute atomic E-state index is 0.0146. The average molecular weight is 384 g/mol. The molecule has 1 unspecified atom stereocenters. The van der Waals surface area contributed by atoms with Crippen LogP contribution >= 0.6 is 0 Å². The molecule has 1 saturated carbocycles. The highest BCUT2D eigenvalue weighted by Crippen LogP contribution is 2.49. The Morgan fingerprint density at radius 1 is 1.04 bits per heavy atom. The third-order valence-electron chi connectivity index (χ3n) is 7.32. The zero-order valence-electron chi connectivity index (χ0n) is 17.3. The zero-order valence-corrected chi connectivity index (χ0v) is 17.3. The van der Waals surface area contributed by atoms with Crippen molar-refractivity contribution in [2.24, 2.45) is 11.3 Å². The van der Waals surface area contributed by atoms with Gasteiger partial charge in [0.2, 0.25) is 11.8 Å². The highest BCUT2D eigenvalue weighted by molar-refractivity contribution is 5.84. The van der Waals surface area contributed by atoms with Crippen molar-refractivity contribution in [3.63, 3.8) is 0 Å². The van der Waals surface area contributed by atoms with E-state index in [0.717, 1.165) is 56.7 Å². The van der Waals surface area contributed by atoms with Gasteiger partial charge in [-0.15, -0.1) is 0 Å². The molecule has 2 heterocycles. The maximum Gasteiger partial charge on any atom is 0.228 e. The Kier molecular flexibility index (Phi) is 5.46. The number of hydrogen-bond acceptors (Lipinski definition) is 3. The average Bonchev–Trinajstić information content (AvgIpc) is 3.31. The maximum absolute atomic E-state index is 13.4. The van der Waals surface area contributed by atoms with Crippen LogP contribution in [0.4, 0.5) is 0 Å². The van der Waals surface area contributed by atoms with E-state index in [-0.39, 0.29) is 17.2 Å². The summed E-state index contributed by atoms with van der Waals surface area (Å²) in [6, 6.07) is 8.11. The van der Waals surface area contributed by atoms with Crippen LogP contribution in [0.3, 0.4) is 0 Å². The van der Waals surface area contributed by atoms with Gasteiger partial charge in [-0.1, -0.05) is 37.1 Å². The van der Waals surface area contributed by atoms with E-state index in [1.165, 1.54) is 12.8 Å². The third-order valence-corrected chi connectivity index (χ3v) is 7.32. The van der Waals surface area contributed by atoms with Crippen LogP contribution in [0.25, 0.3) is 0 Å². The smallest absolute Gasteiger partial charge is 0.228 e. The molecular formula is C23H33N3O2. The number of carbonyl (C=O) groups excluding carboxylic acids is 2. The summed E-state index contributed by atoms with van der Waals surface area (Å²) < 4.78 is 0. The first-order valence-electron chi connectivity index (χ1n) is 10.8. The number of aryl methyl sites for hydroxylation is 1. The van der Waals surface area contributed by atoms with E-state index in [9.17, 15) is 9.59 Å². The number of carbonyl (C=O) groups is 2. The van der Waals surface area contributed by atoms with Gasteiger partial charge in [-0.3, -0.25) is 9.59 Å². The van der Waals surface area contributed by atoms with Gasteiger partial charge in [-0.05, 0) is 37.9 Å². The van der Waals surface area contributed by atoms with Crippen LogP contribution in [-0.2, 0) is 16.0 Å². The van der Waals surface area contributed by atoms with Gasteiger partial charge in [0.15, 0.2) is 0 Å². The summed E-state index contributed by atoms with van der Waals surface area (Å²) in [6.07, 6.45) is 4.99. The lowest BCUT2D eigenvalue weighted by molar-refractivity contribution is -0.140. The van der Waals surface area contributed by atoms with Gasteiger partial charge >= 0.3 is 0 Å². The van der Waals surface area contributed by atoms with Gasteiger partial charge in [0, 0.05) is 44.7 Å². The van der Waals surface area contributed by atoms with Gasteiger partial charge in [-0.25, -0.2) is 0 Å². The summed E-state index contributed by atoms with van der Waals surface area (Å²) in [5.74, 6) is 0.453. The van der Waals surface area contributed by atoms with E-state index in [0.29, 0.717) is 18.9 Å². The highest BCUT2D eigenvalue weighted by Gasteiger charge is 2.53. The fourth-order valence-corrected chi connectivity index (χ4v) is 5.41. The molecule has 1 aliphatic carbocycles. The molecule has 2 saturated heterocycles. The van der Waals surface area contributed by atoms with Crippen molar-refractivity contribution in [3.8, 4) is 0 Å². The summed E-state index contributed by atoms with van der Waals surface area (Å²) in [4.78, 5) is 32.8. The monoisotopic (exact) mass is 383 g/mol. The summed E-state index contributed by atoms with van der Waals surface area (Å²) in [7, 11) is 2.11. The molecule has 5 heteroatoms. The second-order valence-electron chi connectivity index (χ2n) is 9.13. The van der Waals surface area contributed by atoms with Crippen molar-refractivity contribution >= 4 is 11.8 Å². The second-order valence-corrected chi connectivity index (χ2v) is 9.13. The lowest BCUT2D eigenvalue weighted by atomic mass is 9.76. The van der Waals surface area contributed by atoms with Gasteiger partial charge < -0.3 is 14.7 Å². The molecule has 2 amide bonds. The molecule has 1 aromatic rings. The van der Waals surface area contributed by atoms with Crippen molar-refractivity contribution in [1.29, 1.82) is 0 Å². The number of amides is 2. The number of likely N-dealkylation sites (tertiary alicyclic amines) is 1. The SMILES string of the molecule is Cc1ccccc1CC(=O)N1CC(C(=O)N2CCN(C)CC2)C2(CCCC2)C1. The minimum atomic E-state index is -0.0146. The fourth-order valence-electron chi connectivity index (χ4n) is 5.41. The van der Waals surface area contributed by atoms with Gasteiger partial charge in [-0.2, -0.15) is 0 Å².